The fraction of sp³-hybridized carbons (Fsp3) is 0.231. The van der Waals surface area contributed by atoms with Gasteiger partial charge in [0.1, 0.15) is 0 Å². The Bertz CT molecular complexity index is 535. The monoisotopic (exact) mass is 226 g/mol. The molecule has 0 saturated carbocycles. The van der Waals surface area contributed by atoms with E-state index in [1.807, 2.05) is 18.3 Å². The van der Waals surface area contributed by atoms with E-state index in [4.69, 9.17) is 6.42 Å². The van der Waals surface area contributed by atoms with Crippen molar-refractivity contribution in [2.45, 2.75) is 19.9 Å². The fourth-order valence-electron chi connectivity index (χ4n) is 1.52. The van der Waals surface area contributed by atoms with Crippen LogP contribution in [0.4, 0.5) is 5.69 Å². The van der Waals surface area contributed by atoms with Crippen molar-refractivity contribution in [3.8, 4) is 18.2 Å². The highest BCUT2D eigenvalue weighted by atomic mass is 15.3. The number of terminal acetylenes is 1. The summed E-state index contributed by atoms with van der Waals surface area (Å²) in [6, 6.07) is 4.07. The lowest BCUT2D eigenvalue weighted by Gasteiger charge is -2.13. The minimum atomic E-state index is 0.315. The second-order valence-electron chi connectivity index (χ2n) is 3.98. The van der Waals surface area contributed by atoms with Gasteiger partial charge in [-0.15, -0.1) is 6.42 Å². The largest absolute Gasteiger partial charge is 0.382 e. The number of aromatic nitrogens is 3. The van der Waals surface area contributed by atoms with Gasteiger partial charge < -0.3 is 5.32 Å². The summed E-state index contributed by atoms with van der Waals surface area (Å²) in [5.74, 6) is 3.37. The highest BCUT2D eigenvalue weighted by Crippen LogP contribution is 2.17. The van der Waals surface area contributed by atoms with Crippen LogP contribution < -0.4 is 5.32 Å². The summed E-state index contributed by atoms with van der Waals surface area (Å²) in [6.45, 7) is 4.13. The lowest BCUT2D eigenvalue weighted by molar-refractivity contribution is 0.842. The molecule has 0 radical (unpaired) electrons. The average Bonchev–Trinajstić information content (AvgIpc) is 2.81. The second-order valence-corrected chi connectivity index (χ2v) is 3.98. The van der Waals surface area contributed by atoms with E-state index in [0.717, 1.165) is 17.1 Å². The van der Waals surface area contributed by atoms with Crippen LogP contribution in [0.25, 0.3) is 5.82 Å². The molecule has 0 aromatic carbocycles. The maximum absolute atomic E-state index is 5.44. The van der Waals surface area contributed by atoms with E-state index < -0.39 is 0 Å². The topological polar surface area (TPSA) is 42.7 Å². The first-order chi connectivity index (χ1) is 8.20. The van der Waals surface area contributed by atoms with Crippen LogP contribution in [0, 0.1) is 12.3 Å². The van der Waals surface area contributed by atoms with Crippen molar-refractivity contribution in [3.63, 3.8) is 0 Å². The fourth-order valence-corrected chi connectivity index (χ4v) is 1.52. The summed E-state index contributed by atoms with van der Waals surface area (Å²) >= 11 is 0. The molecule has 0 fully saturated rings. The van der Waals surface area contributed by atoms with Gasteiger partial charge in [-0.25, -0.2) is 9.67 Å². The van der Waals surface area contributed by atoms with Crippen LogP contribution in [0.2, 0.25) is 0 Å². The molecule has 4 heteroatoms. The first-order valence-electron chi connectivity index (χ1n) is 5.44. The molecule has 2 rings (SSSR count). The average molecular weight is 226 g/mol. The van der Waals surface area contributed by atoms with Crippen LogP contribution in [0.3, 0.4) is 0 Å². The molecule has 86 valence electrons. The summed E-state index contributed by atoms with van der Waals surface area (Å²) in [5, 5.41) is 7.44. The zero-order valence-corrected chi connectivity index (χ0v) is 9.88. The smallest absolute Gasteiger partial charge is 0.155 e. The van der Waals surface area contributed by atoms with Gasteiger partial charge >= 0.3 is 0 Å². The van der Waals surface area contributed by atoms with Crippen LogP contribution in [0.1, 0.15) is 19.4 Å². The summed E-state index contributed by atoms with van der Waals surface area (Å²) in [7, 11) is 0. The van der Waals surface area contributed by atoms with Crippen molar-refractivity contribution in [3.05, 3.63) is 36.3 Å². The molecule has 0 amide bonds. The molecule has 0 aliphatic carbocycles. The molecule has 1 N–H and O–H groups in total. The van der Waals surface area contributed by atoms with Crippen LogP contribution in [0.15, 0.2) is 30.7 Å². The number of nitrogens with zero attached hydrogens (tertiary/aromatic N) is 3. The Kier molecular flexibility index (Phi) is 3.10. The molecule has 2 aromatic heterocycles. The van der Waals surface area contributed by atoms with E-state index in [1.165, 1.54) is 0 Å². The molecular weight excluding hydrogens is 212 g/mol. The number of nitrogens with one attached hydrogen (secondary N) is 1. The van der Waals surface area contributed by atoms with E-state index in [0.29, 0.717) is 6.04 Å². The van der Waals surface area contributed by atoms with E-state index in [-0.39, 0.29) is 0 Å². The van der Waals surface area contributed by atoms with Gasteiger partial charge in [-0.05, 0) is 19.9 Å². The Morgan fingerprint density at radius 1 is 1.47 bits per heavy atom. The first-order valence-corrected chi connectivity index (χ1v) is 5.44. The summed E-state index contributed by atoms with van der Waals surface area (Å²) in [4.78, 5) is 4.28. The standard InChI is InChI=1S/C13H14N4/c1-4-11-9-14-13(17-7-5-6-15-17)8-12(11)16-10(2)3/h1,5-10H,2-3H3,(H,14,16). The van der Waals surface area contributed by atoms with Crippen molar-refractivity contribution < 1.29 is 0 Å². The molecule has 0 saturated heterocycles. The first kappa shape index (κ1) is 11.2. The van der Waals surface area contributed by atoms with E-state index in [1.54, 1.807) is 17.1 Å². The molecular formula is C13H14N4. The Labute approximate surface area is 101 Å². The predicted molar refractivity (Wildman–Crippen MR) is 68.1 cm³/mol. The normalized spacial score (nSPS) is 10.2. The number of hydrogen-bond donors (Lipinski definition) is 1. The summed E-state index contributed by atoms with van der Waals surface area (Å²) in [6.07, 6.45) is 10.7. The van der Waals surface area contributed by atoms with Gasteiger partial charge in [0.05, 0.1) is 11.3 Å². The highest BCUT2D eigenvalue weighted by molar-refractivity contribution is 5.60. The van der Waals surface area contributed by atoms with Gasteiger partial charge in [0.2, 0.25) is 0 Å². The Hall–Kier alpha value is -2.28. The third kappa shape index (κ3) is 2.45. The van der Waals surface area contributed by atoms with E-state index in [2.05, 4.69) is 35.2 Å². The van der Waals surface area contributed by atoms with Crippen LogP contribution in [-0.4, -0.2) is 20.8 Å². The maximum atomic E-state index is 5.44. The Morgan fingerprint density at radius 2 is 2.29 bits per heavy atom. The third-order valence-corrected chi connectivity index (χ3v) is 2.23. The molecule has 4 nitrogen and oxygen atoms in total. The van der Waals surface area contributed by atoms with Gasteiger partial charge in [-0.3, -0.25) is 0 Å². The maximum Gasteiger partial charge on any atom is 0.155 e. The van der Waals surface area contributed by atoms with Crippen LogP contribution in [-0.2, 0) is 0 Å². The molecule has 2 aromatic rings. The molecule has 17 heavy (non-hydrogen) atoms. The second kappa shape index (κ2) is 4.71. The van der Waals surface area contributed by atoms with Crippen molar-refractivity contribution >= 4 is 5.69 Å². The molecule has 0 unspecified atom stereocenters. The molecule has 0 spiro atoms. The lowest BCUT2D eigenvalue weighted by Crippen LogP contribution is -2.12. The zero-order valence-electron chi connectivity index (χ0n) is 9.88. The highest BCUT2D eigenvalue weighted by Gasteiger charge is 2.06. The number of anilines is 1. The van der Waals surface area contributed by atoms with E-state index in [9.17, 15) is 0 Å². The SMILES string of the molecule is C#Cc1cnc(-n2cccn2)cc1NC(C)C. The van der Waals surface area contributed by atoms with Gasteiger partial charge in [-0.1, -0.05) is 5.92 Å². The molecule has 0 bridgehead atoms. The zero-order chi connectivity index (χ0) is 12.3. The van der Waals surface area contributed by atoms with Gasteiger partial charge in [0.25, 0.3) is 0 Å². The van der Waals surface area contributed by atoms with E-state index >= 15 is 0 Å². The molecule has 2 heterocycles. The lowest BCUT2D eigenvalue weighted by atomic mass is 10.2. The minimum absolute atomic E-state index is 0.315. The quantitative estimate of drug-likeness (QED) is 0.815. The summed E-state index contributed by atoms with van der Waals surface area (Å²) in [5.41, 5.74) is 1.66. The van der Waals surface area contributed by atoms with Crippen molar-refractivity contribution in [2.75, 3.05) is 5.32 Å². The number of pyridine rings is 1. The molecule has 0 aliphatic rings. The van der Waals surface area contributed by atoms with Crippen LogP contribution >= 0.6 is 0 Å². The third-order valence-electron chi connectivity index (χ3n) is 2.23. The molecule has 0 atom stereocenters. The predicted octanol–water partition coefficient (Wildman–Crippen LogP) is 2.07. The van der Waals surface area contributed by atoms with Gasteiger partial charge in [0.15, 0.2) is 5.82 Å². The number of rotatable bonds is 3. The van der Waals surface area contributed by atoms with Gasteiger partial charge in [-0.2, -0.15) is 5.10 Å². The van der Waals surface area contributed by atoms with Gasteiger partial charge in [0, 0.05) is 30.7 Å². The Balaban J connectivity index is 2.42. The van der Waals surface area contributed by atoms with Crippen molar-refractivity contribution in [1.82, 2.24) is 14.8 Å². The number of hydrogen-bond acceptors (Lipinski definition) is 3. The van der Waals surface area contributed by atoms with Crippen molar-refractivity contribution in [2.24, 2.45) is 0 Å². The van der Waals surface area contributed by atoms with Crippen molar-refractivity contribution in [1.29, 1.82) is 0 Å². The minimum Gasteiger partial charge on any atom is -0.382 e. The molecule has 0 aliphatic heterocycles. The summed E-state index contributed by atoms with van der Waals surface area (Å²) < 4.78 is 1.70. The Morgan fingerprint density at radius 3 is 2.88 bits per heavy atom. The van der Waals surface area contributed by atoms with Crippen LogP contribution in [0.5, 0.6) is 0 Å².